The number of nitrogens with zero attached hydrogens (tertiary/aromatic N) is 2. The van der Waals surface area contributed by atoms with Crippen LogP contribution in [0.1, 0.15) is 63.9 Å². The van der Waals surface area contributed by atoms with Crippen molar-refractivity contribution in [3.05, 3.63) is 41.0 Å². The van der Waals surface area contributed by atoms with Crippen LogP contribution in [0.4, 0.5) is 5.82 Å². The molecule has 0 saturated heterocycles. The van der Waals surface area contributed by atoms with Gasteiger partial charge in [0.25, 0.3) is 0 Å². The van der Waals surface area contributed by atoms with Crippen molar-refractivity contribution < 1.29 is 18.3 Å². The fourth-order valence-electron chi connectivity index (χ4n) is 4.16. The molecule has 0 bridgehead atoms. The number of nitrogens with one attached hydrogen (secondary N) is 1. The molecular weight excluding hydrogens is 450 g/mol. The van der Waals surface area contributed by atoms with Gasteiger partial charge in [-0.2, -0.15) is 5.10 Å². The molecule has 7 nitrogen and oxygen atoms in total. The fourth-order valence-corrected chi connectivity index (χ4v) is 5.50. The number of aliphatic hydroxyl groups is 1. The van der Waals surface area contributed by atoms with Crippen LogP contribution in [0.15, 0.2) is 35.4 Å². The van der Waals surface area contributed by atoms with E-state index in [4.69, 9.17) is 11.6 Å². The van der Waals surface area contributed by atoms with Gasteiger partial charge in [-0.05, 0) is 50.3 Å². The van der Waals surface area contributed by atoms with Gasteiger partial charge in [-0.15, -0.1) is 0 Å². The van der Waals surface area contributed by atoms with E-state index >= 15 is 0 Å². The van der Waals surface area contributed by atoms with Gasteiger partial charge < -0.3 is 10.4 Å². The summed E-state index contributed by atoms with van der Waals surface area (Å²) < 4.78 is 25.5. The first-order valence-corrected chi connectivity index (χ1v) is 13.3. The van der Waals surface area contributed by atoms with Crippen molar-refractivity contribution in [2.24, 2.45) is 5.92 Å². The molecule has 2 N–H and O–H groups in total. The second-order valence-corrected chi connectivity index (χ2v) is 11.8. The number of carbonyl (C=O) groups is 1. The SMILES string of the molecule is CC(C)(O)CCn1ccc(NC(=O)C(CC2CCCC2)c2ccc(S(C)(=O)=O)c(Cl)c2)n1. The highest BCUT2D eigenvalue weighted by atomic mass is 35.5. The number of carbonyl (C=O) groups excluding carboxylic acids is 1. The molecule has 1 aliphatic carbocycles. The minimum Gasteiger partial charge on any atom is -0.390 e. The Balaban J connectivity index is 1.79. The van der Waals surface area contributed by atoms with Crippen molar-refractivity contribution in [3.8, 4) is 0 Å². The van der Waals surface area contributed by atoms with Crippen LogP contribution >= 0.6 is 11.6 Å². The lowest BCUT2D eigenvalue weighted by Gasteiger charge is -2.21. The Morgan fingerprint density at radius 1 is 1.31 bits per heavy atom. The first kappa shape index (κ1) is 24.7. The van der Waals surface area contributed by atoms with Crippen LogP contribution < -0.4 is 5.32 Å². The van der Waals surface area contributed by atoms with Crippen molar-refractivity contribution in [3.63, 3.8) is 0 Å². The van der Waals surface area contributed by atoms with Crippen LogP contribution in [0.3, 0.4) is 0 Å². The molecule has 0 radical (unpaired) electrons. The molecule has 3 rings (SSSR count). The zero-order valence-electron chi connectivity index (χ0n) is 18.8. The normalized spacial score (nSPS) is 16.3. The maximum atomic E-state index is 13.3. The zero-order chi connectivity index (χ0) is 23.5. The molecular formula is C23H32ClN3O4S. The molecule has 1 unspecified atom stereocenters. The first-order chi connectivity index (χ1) is 14.9. The largest absolute Gasteiger partial charge is 0.390 e. The van der Waals surface area contributed by atoms with Gasteiger partial charge in [-0.3, -0.25) is 9.48 Å². The predicted octanol–water partition coefficient (Wildman–Crippen LogP) is 4.40. The maximum absolute atomic E-state index is 13.3. The fraction of sp³-hybridized carbons (Fsp3) is 0.565. The summed E-state index contributed by atoms with van der Waals surface area (Å²) in [5.41, 5.74) is -0.0904. The quantitative estimate of drug-likeness (QED) is 0.552. The lowest BCUT2D eigenvalue weighted by atomic mass is 9.87. The number of hydrogen-bond acceptors (Lipinski definition) is 5. The van der Waals surface area contributed by atoms with E-state index in [0.717, 1.165) is 19.1 Å². The molecule has 176 valence electrons. The second kappa shape index (κ2) is 9.93. The van der Waals surface area contributed by atoms with Gasteiger partial charge >= 0.3 is 0 Å². The van der Waals surface area contributed by atoms with Gasteiger partial charge in [0.05, 0.1) is 21.4 Å². The van der Waals surface area contributed by atoms with E-state index in [1.54, 1.807) is 42.9 Å². The lowest BCUT2D eigenvalue weighted by molar-refractivity contribution is -0.118. The van der Waals surface area contributed by atoms with Gasteiger partial charge in [0.2, 0.25) is 5.91 Å². The number of sulfone groups is 1. The van der Waals surface area contributed by atoms with Crippen molar-refractivity contribution in [2.75, 3.05) is 11.6 Å². The molecule has 1 aromatic heterocycles. The van der Waals surface area contributed by atoms with Crippen LogP contribution in [0.2, 0.25) is 5.02 Å². The molecule has 1 aromatic carbocycles. The lowest BCUT2D eigenvalue weighted by Crippen LogP contribution is -2.24. The average molecular weight is 482 g/mol. The summed E-state index contributed by atoms with van der Waals surface area (Å²) in [6.07, 6.45) is 8.61. The van der Waals surface area contributed by atoms with Crippen LogP contribution in [0, 0.1) is 5.92 Å². The van der Waals surface area contributed by atoms with Crippen molar-refractivity contribution >= 4 is 33.2 Å². The van der Waals surface area contributed by atoms with Crippen LogP contribution in [-0.2, 0) is 21.2 Å². The Hall–Kier alpha value is -1.90. The molecule has 1 saturated carbocycles. The monoisotopic (exact) mass is 481 g/mol. The van der Waals surface area contributed by atoms with E-state index in [0.29, 0.717) is 36.7 Å². The topological polar surface area (TPSA) is 101 Å². The van der Waals surface area contributed by atoms with Crippen molar-refractivity contribution in [1.82, 2.24) is 9.78 Å². The highest BCUT2D eigenvalue weighted by Crippen LogP contribution is 2.36. The molecule has 9 heteroatoms. The van der Waals surface area contributed by atoms with Gasteiger partial charge in [0, 0.05) is 25.1 Å². The summed E-state index contributed by atoms with van der Waals surface area (Å²) in [6.45, 7) is 4.02. The van der Waals surface area contributed by atoms with E-state index in [1.165, 1.54) is 18.9 Å². The Labute approximate surface area is 195 Å². The van der Waals surface area contributed by atoms with Gasteiger partial charge in [0.15, 0.2) is 15.7 Å². The summed E-state index contributed by atoms with van der Waals surface area (Å²) in [4.78, 5) is 13.3. The summed E-state index contributed by atoms with van der Waals surface area (Å²) in [6, 6.07) is 6.49. The standard InChI is InChI=1S/C23H32ClN3O4S/c1-23(2,29)11-13-27-12-10-21(26-27)25-22(28)18(14-16-6-4-5-7-16)17-8-9-20(19(24)15-17)32(3,30)31/h8-10,12,15-16,18,29H,4-7,11,13-14H2,1-3H3,(H,25,26,28). The van der Waals surface area contributed by atoms with E-state index < -0.39 is 21.4 Å². The third-order valence-electron chi connectivity index (χ3n) is 5.96. The summed E-state index contributed by atoms with van der Waals surface area (Å²) in [5, 5.41) is 17.3. The van der Waals surface area contributed by atoms with Crippen LogP contribution in [-0.4, -0.2) is 41.1 Å². The Morgan fingerprint density at radius 2 is 2.00 bits per heavy atom. The Morgan fingerprint density at radius 3 is 2.59 bits per heavy atom. The molecule has 0 spiro atoms. The number of benzene rings is 1. The Bertz CT molecular complexity index is 1050. The van der Waals surface area contributed by atoms with Crippen molar-refractivity contribution in [2.45, 2.75) is 75.3 Å². The van der Waals surface area contributed by atoms with Gasteiger partial charge in [0.1, 0.15) is 0 Å². The smallest absolute Gasteiger partial charge is 0.233 e. The number of amides is 1. The molecule has 1 amide bonds. The van der Waals surface area contributed by atoms with Crippen molar-refractivity contribution in [1.29, 1.82) is 0 Å². The van der Waals surface area contributed by atoms with Crippen LogP contribution in [0.5, 0.6) is 0 Å². The van der Waals surface area contributed by atoms with Crippen LogP contribution in [0.25, 0.3) is 0 Å². The maximum Gasteiger partial charge on any atom is 0.233 e. The molecule has 0 aliphatic heterocycles. The average Bonchev–Trinajstić information content (AvgIpc) is 3.34. The summed E-state index contributed by atoms with van der Waals surface area (Å²) >= 11 is 6.27. The molecule has 2 aromatic rings. The third kappa shape index (κ3) is 6.80. The zero-order valence-corrected chi connectivity index (χ0v) is 20.4. The molecule has 32 heavy (non-hydrogen) atoms. The highest BCUT2D eigenvalue weighted by Gasteiger charge is 2.28. The molecule has 1 aliphatic rings. The van der Waals surface area contributed by atoms with Gasteiger partial charge in [-0.25, -0.2) is 8.42 Å². The highest BCUT2D eigenvalue weighted by molar-refractivity contribution is 7.90. The third-order valence-corrected chi connectivity index (χ3v) is 7.54. The summed E-state index contributed by atoms with van der Waals surface area (Å²) in [5.74, 6) is 0.253. The van der Waals surface area contributed by atoms with E-state index in [-0.39, 0.29) is 15.8 Å². The minimum atomic E-state index is -3.44. The molecule has 1 heterocycles. The summed E-state index contributed by atoms with van der Waals surface area (Å²) in [7, 11) is -3.44. The second-order valence-electron chi connectivity index (χ2n) is 9.42. The molecule has 1 atom stereocenters. The van der Waals surface area contributed by atoms with E-state index in [2.05, 4.69) is 10.4 Å². The first-order valence-electron chi connectivity index (χ1n) is 11.0. The number of rotatable bonds is 9. The number of hydrogen-bond donors (Lipinski definition) is 2. The molecule has 1 fully saturated rings. The van der Waals surface area contributed by atoms with E-state index in [9.17, 15) is 18.3 Å². The number of aromatic nitrogens is 2. The predicted molar refractivity (Wildman–Crippen MR) is 126 cm³/mol. The number of aryl methyl sites for hydroxylation is 1. The number of anilines is 1. The van der Waals surface area contributed by atoms with E-state index in [1.807, 2.05) is 0 Å². The Kier molecular flexibility index (Phi) is 7.68. The van der Waals surface area contributed by atoms with Gasteiger partial charge in [-0.1, -0.05) is 43.4 Å². The minimum absolute atomic E-state index is 0.0634. The number of halogens is 1.